The summed E-state index contributed by atoms with van der Waals surface area (Å²) in [6.07, 6.45) is 4.01. The van der Waals surface area contributed by atoms with Crippen LogP contribution in [0.3, 0.4) is 0 Å². The lowest BCUT2D eigenvalue weighted by Gasteiger charge is -2.24. The predicted molar refractivity (Wildman–Crippen MR) is 111 cm³/mol. The molecule has 1 unspecified atom stereocenters. The normalized spacial score (nSPS) is 12.6. The summed E-state index contributed by atoms with van der Waals surface area (Å²) >= 11 is 0. The smallest absolute Gasteiger partial charge is 0.241 e. The van der Waals surface area contributed by atoms with Gasteiger partial charge in [0.1, 0.15) is 0 Å². The average Bonchev–Trinajstić information content (AvgIpc) is 2.66. The van der Waals surface area contributed by atoms with E-state index in [1.807, 2.05) is 42.5 Å². The maximum Gasteiger partial charge on any atom is 0.241 e. The number of benzene rings is 2. The van der Waals surface area contributed by atoms with Crippen LogP contribution in [0.5, 0.6) is 0 Å². The Balaban J connectivity index is 1.94. The van der Waals surface area contributed by atoms with Gasteiger partial charge in [0.15, 0.2) is 0 Å². The van der Waals surface area contributed by atoms with Gasteiger partial charge in [-0.3, -0.25) is 9.69 Å². The monoisotopic (exact) mass is 367 g/mol. The molecule has 0 fully saturated rings. The van der Waals surface area contributed by atoms with Crippen LogP contribution in [0, 0.1) is 0 Å². The van der Waals surface area contributed by atoms with Gasteiger partial charge >= 0.3 is 0 Å². The van der Waals surface area contributed by atoms with Gasteiger partial charge in [-0.2, -0.15) is 0 Å². The molecule has 1 atom stereocenters. The molecule has 0 saturated heterocycles. The van der Waals surface area contributed by atoms with Crippen molar-refractivity contribution in [2.75, 3.05) is 25.4 Å². The van der Waals surface area contributed by atoms with Gasteiger partial charge in [-0.25, -0.2) is 0 Å². The van der Waals surface area contributed by atoms with Crippen LogP contribution in [0.4, 0.5) is 5.69 Å². The fraction of sp³-hybridized carbons (Fsp3) is 0.318. The minimum Gasteiger partial charge on any atom is -0.398 e. The summed E-state index contributed by atoms with van der Waals surface area (Å²) in [5.41, 5.74) is 15.3. The quantitative estimate of drug-likeness (QED) is 0.445. The van der Waals surface area contributed by atoms with Crippen LogP contribution in [0.2, 0.25) is 0 Å². The van der Waals surface area contributed by atoms with Crippen LogP contribution in [-0.4, -0.2) is 35.6 Å². The highest BCUT2D eigenvalue weighted by atomic mass is 16.3. The number of nitrogen functional groups attached to an aromatic ring is 1. The molecule has 5 nitrogen and oxygen atoms in total. The summed E-state index contributed by atoms with van der Waals surface area (Å²) in [5, 5.41) is 9.39. The topological polar surface area (TPSA) is 92.6 Å². The Bertz CT molecular complexity index is 756. The highest BCUT2D eigenvalue weighted by Crippen LogP contribution is 2.25. The number of rotatable bonds is 10. The Hall–Kier alpha value is -2.63. The molecule has 0 bridgehead atoms. The second kappa shape index (κ2) is 10.5. The summed E-state index contributed by atoms with van der Waals surface area (Å²) in [4.78, 5) is 13.0. The molecular formula is C22H29N3O2. The number of amides is 1. The van der Waals surface area contributed by atoms with E-state index in [4.69, 9.17) is 11.5 Å². The van der Waals surface area contributed by atoms with Gasteiger partial charge < -0.3 is 16.6 Å². The number of carbonyl (C=O) groups excluding carboxylic acids is 1. The van der Waals surface area contributed by atoms with Gasteiger partial charge in [0.05, 0.1) is 6.61 Å². The van der Waals surface area contributed by atoms with Gasteiger partial charge in [-0.15, -0.1) is 0 Å². The first-order chi connectivity index (χ1) is 13.0. The zero-order chi connectivity index (χ0) is 19.6. The summed E-state index contributed by atoms with van der Waals surface area (Å²) in [5.74, 6) is -0.102. The molecular weight excluding hydrogens is 338 g/mol. The molecule has 0 saturated carbocycles. The molecule has 0 aliphatic heterocycles. The van der Waals surface area contributed by atoms with E-state index in [0.717, 1.165) is 36.3 Å². The molecule has 2 aromatic carbocycles. The number of hydrogen-bond acceptors (Lipinski definition) is 4. The fourth-order valence-electron chi connectivity index (χ4n) is 3.07. The van der Waals surface area contributed by atoms with Crippen molar-refractivity contribution in [3.63, 3.8) is 0 Å². The van der Waals surface area contributed by atoms with E-state index in [1.54, 1.807) is 6.08 Å². The Morgan fingerprint density at radius 3 is 2.48 bits per heavy atom. The van der Waals surface area contributed by atoms with Gasteiger partial charge in [-0.1, -0.05) is 49.4 Å². The minimum atomic E-state index is -0.457. The fourth-order valence-corrected chi connectivity index (χ4v) is 3.07. The summed E-state index contributed by atoms with van der Waals surface area (Å²) in [6.45, 7) is 4.57. The Morgan fingerprint density at radius 1 is 1.15 bits per heavy atom. The minimum absolute atomic E-state index is 0.126. The third kappa shape index (κ3) is 6.89. The molecule has 27 heavy (non-hydrogen) atoms. The third-order valence-corrected chi connectivity index (χ3v) is 4.65. The van der Waals surface area contributed by atoms with E-state index in [-0.39, 0.29) is 6.61 Å². The van der Waals surface area contributed by atoms with Crippen molar-refractivity contribution in [1.82, 2.24) is 4.90 Å². The van der Waals surface area contributed by atoms with E-state index < -0.39 is 5.91 Å². The summed E-state index contributed by atoms with van der Waals surface area (Å²) < 4.78 is 0. The van der Waals surface area contributed by atoms with Crippen LogP contribution in [-0.2, 0) is 11.3 Å². The van der Waals surface area contributed by atoms with Gasteiger partial charge in [0, 0.05) is 24.9 Å². The molecule has 5 N–H and O–H groups in total. The third-order valence-electron chi connectivity index (χ3n) is 4.65. The number of primary amides is 1. The molecule has 0 spiro atoms. The molecule has 0 heterocycles. The number of nitrogens with two attached hydrogens (primary N) is 2. The van der Waals surface area contributed by atoms with Crippen molar-refractivity contribution in [3.05, 3.63) is 71.3 Å². The molecule has 0 aromatic heterocycles. The Labute approximate surface area is 161 Å². The first kappa shape index (κ1) is 20.7. The lowest BCUT2D eigenvalue weighted by molar-refractivity contribution is -0.113. The SMILES string of the molecule is CC(CCN(CCO)Cc1ccc(/C=C/C(N)=O)cc1)c1ccccc1N. The van der Waals surface area contributed by atoms with Crippen molar-refractivity contribution >= 4 is 17.7 Å². The second-order valence-electron chi connectivity index (χ2n) is 6.80. The number of para-hydroxylation sites is 1. The zero-order valence-corrected chi connectivity index (χ0v) is 15.8. The van der Waals surface area contributed by atoms with E-state index >= 15 is 0 Å². The molecule has 0 aliphatic rings. The van der Waals surface area contributed by atoms with Crippen LogP contribution in [0.15, 0.2) is 54.6 Å². The molecule has 2 aromatic rings. The second-order valence-corrected chi connectivity index (χ2v) is 6.80. The van der Waals surface area contributed by atoms with Crippen LogP contribution >= 0.6 is 0 Å². The summed E-state index contributed by atoms with van der Waals surface area (Å²) in [6, 6.07) is 16.0. The van der Waals surface area contributed by atoms with Crippen LogP contribution in [0.1, 0.15) is 36.0 Å². The Morgan fingerprint density at radius 2 is 1.85 bits per heavy atom. The van der Waals surface area contributed by atoms with Crippen molar-refractivity contribution < 1.29 is 9.90 Å². The average molecular weight is 367 g/mol. The van der Waals surface area contributed by atoms with Gasteiger partial charge in [-0.05, 0) is 47.7 Å². The number of carbonyl (C=O) groups is 1. The number of aliphatic hydroxyl groups excluding tert-OH is 1. The first-order valence-corrected chi connectivity index (χ1v) is 9.23. The standard InChI is InChI=1S/C22H29N3O2/c1-17(20-4-2-3-5-21(20)23)12-13-25(14-15-26)16-19-8-6-18(7-9-19)10-11-22(24)27/h2-11,17,26H,12-16,23H2,1H3,(H2,24,27)/b11-10+. The van der Waals surface area contributed by atoms with E-state index in [0.29, 0.717) is 12.5 Å². The predicted octanol–water partition coefficient (Wildman–Crippen LogP) is 2.76. The lowest BCUT2D eigenvalue weighted by Crippen LogP contribution is -2.28. The van der Waals surface area contributed by atoms with Gasteiger partial charge in [0.25, 0.3) is 0 Å². The Kier molecular flexibility index (Phi) is 8.04. The molecule has 2 rings (SSSR count). The maximum absolute atomic E-state index is 10.8. The number of aliphatic hydroxyl groups is 1. The molecule has 5 heteroatoms. The molecule has 144 valence electrons. The number of nitrogens with zero attached hydrogens (tertiary/aromatic N) is 1. The largest absolute Gasteiger partial charge is 0.398 e. The number of anilines is 1. The van der Waals surface area contributed by atoms with Gasteiger partial charge in [0.2, 0.25) is 5.91 Å². The summed E-state index contributed by atoms with van der Waals surface area (Å²) in [7, 11) is 0. The van der Waals surface area contributed by atoms with Crippen LogP contribution in [0.25, 0.3) is 6.08 Å². The van der Waals surface area contributed by atoms with Crippen molar-refractivity contribution in [2.45, 2.75) is 25.8 Å². The van der Waals surface area contributed by atoms with E-state index in [1.165, 1.54) is 11.6 Å². The van der Waals surface area contributed by atoms with Crippen molar-refractivity contribution in [2.24, 2.45) is 5.73 Å². The van der Waals surface area contributed by atoms with Crippen LogP contribution < -0.4 is 11.5 Å². The molecule has 0 aliphatic carbocycles. The van der Waals surface area contributed by atoms with Crippen molar-refractivity contribution in [1.29, 1.82) is 0 Å². The highest BCUT2D eigenvalue weighted by molar-refractivity contribution is 5.90. The molecule has 0 radical (unpaired) electrons. The lowest BCUT2D eigenvalue weighted by atomic mass is 9.96. The van der Waals surface area contributed by atoms with E-state index in [9.17, 15) is 9.90 Å². The number of hydrogen-bond donors (Lipinski definition) is 3. The zero-order valence-electron chi connectivity index (χ0n) is 15.8. The maximum atomic E-state index is 10.8. The molecule has 1 amide bonds. The van der Waals surface area contributed by atoms with E-state index in [2.05, 4.69) is 17.9 Å². The first-order valence-electron chi connectivity index (χ1n) is 9.23. The van der Waals surface area contributed by atoms with Crippen molar-refractivity contribution in [3.8, 4) is 0 Å². The highest BCUT2D eigenvalue weighted by Gasteiger charge is 2.12.